The van der Waals surface area contributed by atoms with Crippen molar-refractivity contribution in [2.24, 2.45) is 0 Å². The van der Waals surface area contributed by atoms with Crippen molar-refractivity contribution in [1.29, 1.82) is 0 Å². The van der Waals surface area contributed by atoms with Crippen LogP contribution in [0.5, 0.6) is 0 Å². The molecule has 1 amide bonds. The molecule has 2 saturated heterocycles. The minimum Gasteiger partial charge on any atom is -0.352 e. The van der Waals surface area contributed by atoms with Gasteiger partial charge in [0.05, 0.1) is 0 Å². The number of nitrogens with zero attached hydrogens (tertiary/aromatic N) is 1. The van der Waals surface area contributed by atoms with Crippen molar-refractivity contribution in [3.05, 3.63) is 0 Å². The van der Waals surface area contributed by atoms with Gasteiger partial charge >= 0.3 is 0 Å². The Hall–Kier alpha value is -0.610. The zero-order valence-electron chi connectivity index (χ0n) is 9.46. The van der Waals surface area contributed by atoms with Crippen molar-refractivity contribution in [1.82, 2.24) is 15.5 Å². The molecule has 0 aliphatic carbocycles. The molecule has 0 aromatic rings. The van der Waals surface area contributed by atoms with Crippen LogP contribution in [0.25, 0.3) is 0 Å². The molecule has 2 aliphatic rings. The van der Waals surface area contributed by atoms with Crippen LogP contribution >= 0.6 is 0 Å². The van der Waals surface area contributed by atoms with Gasteiger partial charge < -0.3 is 10.6 Å². The Morgan fingerprint density at radius 2 is 2.33 bits per heavy atom. The minimum atomic E-state index is 0.101. The lowest BCUT2D eigenvalue weighted by atomic mass is 10.1. The van der Waals surface area contributed by atoms with Gasteiger partial charge in [0.1, 0.15) is 0 Å². The first-order valence-corrected chi connectivity index (χ1v) is 5.97. The Labute approximate surface area is 91.4 Å². The molecular weight excluding hydrogens is 190 g/mol. The Morgan fingerprint density at radius 1 is 1.47 bits per heavy atom. The number of hydrogen-bond acceptors (Lipinski definition) is 3. The molecular formula is C11H21N3O. The quantitative estimate of drug-likeness (QED) is 0.673. The Kier molecular flexibility index (Phi) is 3.59. The van der Waals surface area contributed by atoms with Crippen molar-refractivity contribution in [2.75, 3.05) is 26.2 Å². The smallest absolute Gasteiger partial charge is 0.217 e. The van der Waals surface area contributed by atoms with Gasteiger partial charge in [-0.3, -0.25) is 9.69 Å². The molecule has 2 fully saturated rings. The number of piperidine rings is 1. The third-order valence-electron chi connectivity index (χ3n) is 3.41. The second-order valence-electron chi connectivity index (χ2n) is 4.68. The number of rotatable bonds is 2. The molecule has 86 valence electrons. The molecule has 4 nitrogen and oxygen atoms in total. The predicted molar refractivity (Wildman–Crippen MR) is 59.7 cm³/mol. The molecule has 0 aromatic heterocycles. The summed E-state index contributed by atoms with van der Waals surface area (Å²) in [5.41, 5.74) is 0. The first-order chi connectivity index (χ1) is 7.25. The maximum atomic E-state index is 10.9. The molecule has 0 aromatic carbocycles. The SMILES string of the molecule is CC(=O)NC1CCN(C2CCCNC2)C1. The van der Waals surface area contributed by atoms with E-state index in [-0.39, 0.29) is 5.91 Å². The molecule has 2 heterocycles. The van der Waals surface area contributed by atoms with E-state index in [1.807, 2.05) is 0 Å². The van der Waals surface area contributed by atoms with Crippen LogP contribution in [0.4, 0.5) is 0 Å². The minimum absolute atomic E-state index is 0.101. The molecule has 2 rings (SSSR count). The third-order valence-corrected chi connectivity index (χ3v) is 3.41. The Bertz CT molecular complexity index is 226. The molecule has 0 spiro atoms. The van der Waals surface area contributed by atoms with E-state index >= 15 is 0 Å². The number of carbonyl (C=O) groups is 1. The van der Waals surface area contributed by atoms with E-state index in [2.05, 4.69) is 15.5 Å². The summed E-state index contributed by atoms with van der Waals surface area (Å²) >= 11 is 0. The molecule has 2 N–H and O–H groups in total. The maximum absolute atomic E-state index is 10.9. The summed E-state index contributed by atoms with van der Waals surface area (Å²) in [5, 5.41) is 6.45. The van der Waals surface area contributed by atoms with Gasteiger partial charge in [0.2, 0.25) is 5.91 Å². The number of carbonyl (C=O) groups excluding carboxylic acids is 1. The zero-order chi connectivity index (χ0) is 10.7. The molecule has 4 heteroatoms. The standard InChI is InChI=1S/C11H21N3O/c1-9(15)13-10-4-6-14(8-10)11-3-2-5-12-7-11/h10-12H,2-8H2,1H3,(H,13,15). The van der Waals surface area contributed by atoms with Gasteiger partial charge in [-0.25, -0.2) is 0 Å². The van der Waals surface area contributed by atoms with Crippen LogP contribution in [-0.2, 0) is 4.79 Å². The second-order valence-corrected chi connectivity index (χ2v) is 4.68. The van der Waals surface area contributed by atoms with E-state index in [1.54, 1.807) is 6.92 Å². The largest absolute Gasteiger partial charge is 0.352 e. The van der Waals surface area contributed by atoms with E-state index in [0.717, 1.165) is 26.1 Å². The highest BCUT2D eigenvalue weighted by molar-refractivity contribution is 5.73. The fourth-order valence-corrected chi connectivity index (χ4v) is 2.67. The Morgan fingerprint density at radius 3 is 3.00 bits per heavy atom. The van der Waals surface area contributed by atoms with E-state index in [1.165, 1.54) is 19.4 Å². The van der Waals surface area contributed by atoms with Crippen molar-refractivity contribution >= 4 is 5.91 Å². The van der Waals surface area contributed by atoms with Crippen LogP contribution in [-0.4, -0.2) is 49.1 Å². The van der Waals surface area contributed by atoms with Gasteiger partial charge in [-0.1, -0.05) is 0 Å². The monoisotopic (exact) mass is 211 g/mol. The van der Waals surface area contributed by atoms with Gasteiger partial charge in [0.15, 0.2) is 0 Å². The Balaban J connectivity index is 1.78. The van der Waals surface area contributed by atoms with Crippen LogP contribution in [0, 0.1) is 0 Å². The summed E-state index contributed by atoms with van der Waals surface area (Å²) in [6, 6.07) is 1.07. The van der Waals surface area contributed by atoms with Gasteiger partial charge in [-0.05, 0) is 25.8 Å². The highest BCUT2D eigenvalue weighted by Crippen LogP contribution is 2.17. The highest BCUT2D eigenvalue weighted by Gasteiger charge is 2.29. The van der Waals surface area contributed by atoms with E-state index in [0.29, 0.717) is 12.1 Å². The molecule has 2 atom stereocenters. The first kappa shape index (κ1) is 10.9. The van der Waals surface area contributed by atoms with Crippen LogP contribution in [0.15, 0.2) is 0 Å². The summed E-state index contributed by atoms with van der Waals surface area (Å²) in [4.78, 5) is 13.5. The average molecular weight is 211 g/mol. The zero-order valence-corrected chi connectivity index (χ0v) is 9.46. The summed E-state index contributed by atoms with van der Waals surface area (Å²) in [6.45, 7) is 6.06. The van der Waals surface area contributed by atoms with E-state index in [9.17, 15) is 4.79 Å². The van der Waals surface area contributed by atoms with Crippen LogP contribution in [0.1, 0.15) is 26.2 Å². The van der Waals surface area contributed by atoms with Crippen molar-refractivity contribution in [3.63, 3.8) is 0 Å². The first-order valence-electron chi connectivity index (χ1n) is 5.97. The summed E-state index contributed by atoms with van der Waals surface area (Å²) in [7, 11) is 0. The summed E-state index contributed by atoms with van der Waals surface area (Å²) in [5.74, 6) is 0.101. The summed E-state index contributed by atoms with van der Waals surface area (Å²) in [6.07, 6.45) is 3.70. The number of hydrogen-bond donors (Lipinski definition) is 2. The fourth-order valence-electron chi connectivity index (χ4n) is 2.67. The molecule has 15 heavy (non-hydrogen) atoms. The van der Waals surface area contributed by atoms with E-state index < -0.39 is 0 Å². The fraction of sp³-hybridized carbons (Fsp3) is 0.909. The number of likely N-dealkylation sites (tertiary alicyclic amines) is 1. The molecule has 0 radical (unpaired) electrons. The van der Waals surface area contributed by atoms with Crippen LogP contribution in [0.2, 0.25) is 0 Å². The predicted octanol–water partition coefficient (Wildman–Crippen LogP) is -0.0512. The second kappa shape index (κ2) is 4.94. The molecule has 2 aliphatic heterocycles. The van der Waals surface area contributed by atoms with E-state index in [4.69, 9.17) is 0 Å². The van der Waals surface area contributed by atoms with Crippen LogP contribution < -0.4 is 10.6 Å². The molecule has 0 bridgehead atoms. The third kappa shape index (κ3) is 2.92. The topological polar surface area (TPSA) is 44.4 Å². The van der Waals surface area contributed by atoms with Crippen molar-refractivity contribution in [2.45, 2.75) is 38.3 Å². The highest BCUT2D eigenvalue weighted by atomic mass is 16.1. The molecule has 0 saturated carbocycles. The summed E-state index contributed by atoms with van der Waals surface area (Å²) < 4.78 is 0. The van der Waals surface area contributed by atoms with Gasteiger partial charge in [-0.2, -0.15) is 0 Å². The number of amides is 1. The van der Waals surface area contributed by atoms with Crippen molar-refractivity contribution < 1.29 is 4.79 Å². The lowest BCUT2D eigenvalue weighted by Gasteiger charge is -2.31. The molecule has 2 unspecified atom stereocenters. The van der Waals surface area contributed by atoms with Gasteiger partial charge in [-0.15, -0.1) is 0 Å². The van der Waals surface area contributed by atoms with Crippen LogP contribution in [0.3, 0.4) is 0 Å². The van der Waals surface area contributed by atoms with Gasteiger partial charge in [0, 0.05) is 38.6 Å². The lowest BCUT2D eigenvalue weighted by molar-refractivity contribution is -0.119. The maximum Gasteiger partial charge on any atom is 0.217 e. The average Bonchev–Trinajstić information content (AvgIpc) is 2.67. The normalized spacial score (nSPS) is 32.9. The van der Waals surface area contributed by atoms with Gasteiger partial charge in [0.25, 0.3) is 0 Å². The van der Waals surface area contributed by atoms with Crippen molar-refractivity contribution in [3.8, 4) is 0 Å². The number of nitrogens with one attached hydrogen (secondary N) is 2. The lowest BCUT2D eigenvalue weighted by Crippen LogP contribution is -2.46.